The number of nitrogens with two attached hydrogens (primary N) is 1. The number of benzene rings is 1. The molecule has 1 aromatic rings. The number of aryl methyl sites for hydroxylation is 2. The van der Waals surface area contributed by atoms with Gasteiger partial charge < -0.3 is 10.5 Å². The molecular formula is C16H27ClN2O3S. The highest BCUT2D eigenvalue weighted by Crippen LogP contribution is 2.30. The lowest BCUT2D eigenvalue weighted by molar-refractivity contribution is 0.250. The van der Waals surface area contributed by atoms with Crippen LogP contribution in [0.3, 0.4) is 0 Å². The third-order valence-corrected chi connectivity index (χ3v) is 6.59. The second kappa shape index (κ2) is 7.83. The number of methoxy groups -OCH3 is 1. The molecule has 0 spiro atoms. The topological polar surface area (TPSA) is 72.6 Å². The number of halogens is 1. The Hall–Kier alpha value is -0.820. The molecule has 1 saturated heterocycles. The van der Waals surface area contributed by atoms with Crippen LogP contribution in [-0.2, 0) is 10.0 Å². The van der Waals surface area contributed by atoms with Gasteiger partial charge in [0.1, 0.15) is 5.75 Å². The lowest BCUT2D eigenvalue weighted by atomic mass is 9.92. The summed E-state index contributed by atoms with van der Waals surface area (Å²) in [5.41, 5.74) is 7.48. The van der Waals surface area contributed by atoms with E-state index in [9.17, 15) is 8.42 Å². The summed E-state index contributed by atoms with van der Waals surface area (Å²) in [7, 11) is -1.86. The fraction of sp³-hybridized carbons (Fsp3) is 0.625. The SMILES string of the molecule is COc1cc(C)c(S(=O)(=O)N2CCC(C(C)N)CC2)cc1C.Cl. The predicted octanol–water partition coefficient (Wildman–Crippen LogP) is 2.48. The van der Waals surface area contributed by atoms with Gasteiger partial charge >= 0.3 is 0 Å². The first-order chi connectivity index (χ1) is 10.3. The first kappa shape index (κ1) is 20.2. The van der Waals surface area contributed by atoms with Gasteiger partial charge in [0.05, 0.1) is 12.0 Å². The van der Waals surface area contributed by atoms with Crippen LogP contribution in [0.25, 0.3) is 0 Å². The van der Waals surface area contributed by atoms with E-state index in [1.54, 1.807) is 23.5 Å². The van der Waals surface area contributed by atoms with Gasteiger partial charge in [-0.1, -0.05) is 0 Å². The van der Waals surface area contributed by atoms with Gasteiger partial charge in [0.15, 0.2) is 0 Å². The molecule has 1 aromatic carbocycles. The largest absolute Gasteiger partial charge is 0.496 e. The summed E-state index contributed by atoms with van der Waals surface area (Å²) in [6.07, 6.45) is 1.65. The van der Waals surface area contributed by atoms with Gasteiger partial charge in [-0.2, -0.15) is 4.31 Å². The Bertz CT molecular complexity index is 639. The Balaban J connectivity index is 0.00000264. The number of hydrogen-bond acceptors (Lipinski definition) is 4. The van der Waals surface area contributed by atoms with Gasteiger partial charge in [0, 0.05) is 19.1 Å². The van der Waals surface area contributed by atoms with E-state index in [4.69, 9.17) is 10.5 Å². The summed E-state index contributed by atoms with van der Waals surface area (Å²) in [5, 5.41) is 0. The molecule has 2 rings (SSSR count). The van der Waals surface area contributed by atoms with Crippen LogP contribution >= 0.6 is 12.4 Å². The highest BCUT2D eigenvalue weighted by molar-refractivity contribution is 7.89. The maximum atomic E-state index is 12.9. The van der Waals surface area contributed by atoms with Gasteiger partial charge in [-0.05, 0) is 62.8 Å². The molecule has 0 amide bonds. The molecule has 1 aliphatic heterocycles. The second-order valence-electron chi connectivity index (χ2n) is 6.19. The molecule has 0 saturated carbocycles. The molecule has 0 bridgehead atoms. The van der Waals surface area contributed by atoms with Crippen LogP contribution in [0.5, 0.6) is 5.75 Å². The third-order valence-electron chi connectivity index (χ3n) is 4.55. The van der Waals surface area contributed by atoms with Crippen molar-refractivity contribution in [3.63, 3.8) is 0 Å². The summed E-state index contributed by atoms with van der Waals surface area (Å²) in [6, 6.07) is 3.62. The van der Waals surface area contributed by atoms with E-state index < -0.39 is 10.0 Å². The molecule has 2 N–H and O–H groups in total. The summed E-state index contributed by atoms with van der Waals surface area (Å²) in [4.78, 5) is 0.380. The van der Waals surface area contributed by atoms with Crippen molar-refractivity contribution >= 4 is 22.4 Å². The minimum Gasteiger partial charge on any atom is -0.496 e. The lowest BCUT2D eigenvalue weighted by Gasteiger charge is -2.33. The van der Waals surface area contributed by atoms with E-state index in [0.29, 0.717) is 29.7 Å². The Labute approximate surface area is 145 Å². The van der Waals surface area contributed by atoms with E-state index in [1.165, 1.54) is 0 Å². The molecule has 5 nitrogen and oxygen atoms in total. The first-order valence-electron chi connectivity index (χ1n) is 7.68. The van der Waals surface area contributed by atoms with Crippen LogP contribution in [0.1, 0.15) is 30.9 Å². The van der Waals surface area contributed by atoms with Gasteiger partial charge in [-0.3, -0.25) is 0 Å². The Morgan fingerprint density at radius 3 is 2.26 bits per heavy atom. The summed E-state index contributed by atoms with van der Waals surface area (Å²) >= 11 is 0. The highest BCUT2D eigenvalue weighted by atomic mass is 35.5. The summed E-state index contributed by atoms with van der Waals surface area (Å²) in [5.74, 6) is 1.12. The molecule has 1 heterocycles. The first-order valence-corrected chi connectivity index (χ1v) is 9.12. The number of ether oxygens (including phenoxy) is 1. The molecule has 0 radical (unpaired) electrons. The Morgan fingerprint density at radius 2 is 1.78 bits per heavy atom. The fourth-order valence-electron chi connectivity index (χ4n) is 3.04. The molecule has 1 unspecified atom stereocenters. The van der Waals surface area contributed by atoms with Crippen molar-refractivity contribution < 1.29 is 13.2 Å². The van der Waals surface area contributed by atoms with Crippen LogP contribution < -0.4 is 10.5 Å². The monoisotopic (exact) mass is 362 g/mol. The maximum absolute atomic E-state index is 12.9. The van der Waals surface area contributed by atoms with Gasteiger partial charge in [-0.25, -0.2) is 8.42 Å². The van der Waals surface area contributed by atoms with Crippen molar-refractivity contribution in [2.24, 2.45) is 11.7 Å². The molecule has 0 aromatic heterocycles. The number of nitrogens with zero attached hydrogens (tertiary/aromatic N) is 1. The summed E-state index contributed by atoms with van der Waals surface area (Å²) in [6.45, 7) is 6.74. The average molecular weight is 363 g/mol. The van der Waals surface area contributed by atoms with Crippen LogP contribution in [-0.4, -0.2) is 39.0 Å². The van der Waals surface area contributed by atoms with Crippen molar-refractivity contribution in [3.05, 3.63) is 23.3 Å². The molecule has 23 heavy (non-hydrogen) atoms. The van der Waals surface area contributed by atoms with E-state index in [0.717, 1.165) is 24.0 Å². The van der Waals surface area contributed by atoms with Crippen molar-refractivity contribution in [2.75, 3.05) is 20.2 Å². The van der Waals surface area contributed by atoms with E-state index in [2.05, 4.69) is 0 Å². The van der Waals surface area contributed by atoms with Crippen molar-refractivity contribution in [1.82, 2.24) is 4.31 Å². The number of hydrogen-bond donors (Lipinski definition) is 1. The molecular weight excluding hydrogens is 336 g/mol. The number of rotatable bonds is 4. The smallest absolute Gasteiger partial charge is 0.243 e. The highest BCUT2D eigenvalue weighted by Gasteiger charge is 2.31. The van der Waals surface area contributed by atoms with Gasteiger partial charge in [-0.15, -0.1) is 12.4 Å². The molecule has 0 aliphatic carbocycles. The Morgan fingerprint density at radius 1 is 1.22 bits per heavy atom. The lowest BCUT2D eigenvalue weighted by Crippen LogP contribution is -2.42. The average Bonchev–Trinajstić information content (AvgIpc) is 2.49. The van der Waals surface area contributed by atoms with Crippen LogP contribution in [0.15, 0.2) is 17.0 Å². The van der Waals surface area contributed by atoms with Gasteiger partial charge in [0.25, 0.3) is 0 Å². The van der Waals surface area contributed by atoms with Crippen LogP contribution in [0.2, 0.25) is 0 Å². The Kier molecular flexibility index (Phi) is 6.89. The predicted molar refractivity (Wildman–Crippen MR) is 94.8 cm³/mol. The fourth-order valence-corrected chi connectivity index (χ4v) is 4.80. The third kappa shape index (κ3) is 4.18. The number of piperidine rings is 1. The molecule has 1 fully saturated rings. The standard InChI is InChI=1S/C16H26N2O3S.ClH/c1-11-10-16(12(2)9-15(11)21-4)22(19,20)18-7-5-14(6-8-18)13(3)17;/h9-10,13-14H,5-8,17H2,1-4H3;1H. The minimum atomic E-state index is -3.45. The van der Waals surface area contributed by atoms with Crippen molar-refractivity contribution in [1.29, 1.82) is 0 Å². The van der Waals surface area contributed by atoms with Crippen LogP contribution in [0.4, 0.5) is 0 Å². The number of sulfonamides is 1. The van der Waals surface area contributed by atoms with Gasteiger partial charge in [0.2, 0.25) is 10.0 Å². The molecule has 1 atom stereocenters. The zero-order valence-electron chi connectivity index (χ0n) is 14.2. The zero-order valence-corrected chi connectivity index (χ0v) is 15.8. The second-order valence-corrected chi connectivity index (χ2v) is 8.09. The van der Waals surface area contributed by atoms with E-state index in [1.807, 2.05) is 20.8 Å². The van der Waals surface area contributed by atoms with Crippen molar-refractivity contribution in [2.45, 2.75) is 44.6 Å². The minimum absolute atomic E-state index is 0. The zero-order chi connectivity index (χ0) is 16.5. The molecule has 7 heteroatoms. The summed E-state index contributed by atoms with van der Waals surface area (Å²) < 4.78 is 32.6. The van der Waals surface area contributed by atoms with Crippen molar-refractivity contribution in [3.8, 4) is 5.75 Å². The van der Waals surface area contributed by atoms with E-state index in [-0.39, 0.29) is 18.4 Å². The van der Waals surface area contributed by atoms with E-state index >= 15 is 0 Å². The normalized spacial score (nSPS) is 18.3. The molecule has 1 aliphatic rings. The molecule has 132 valence electrons. The maximum Gasteiger partial charge on any atom is 0.243 e. The quantitative estimate of drug-likeness (QED) is 0.893. The van der Waals surface area contributed by atoms with Crippen LogP contribution in [0, 0.1) is 19.8 Å².